The maximum atomic E-state index is 13.8. The zero-order valence-corrected chi connectivity index (χ0v) is 14.1. The summed E-state index contributed by atoms with van der Waals surface area (Å²) in [6, 6.07) is 2.43. The van der Waals surface area contributed by atoms with Crippen LogP contribution in [-0.2, 0) is 4.79 Å². The van der Waals surface area contributed by atoms with E-state index in [1.54, 1.807) is 25.8 Å². The van der Waals surface area contributed by atoms with Gasteiger partial charge in [-0.2, -0.15) is 0 Å². The summed E-state index contributed by atoms with van der Waals surface area (Å²) in [6.07, 6.45) is 0.836. The van der Waals surface area contributed by atoms with E-state index in [1.165, 1.54) is 6.07 Å². The maximum Gasteiger partial charge on any atom is 0.257 e. The molecular weight excluding hydrogens is 316 g/mol. The van der Waals surface area contributed by atoms with Gasteiger partial charge in [-0.05, 0) is 31.0 Å². The Labute approximate surface area is 140 Å². The highest BCUT2D eigenvalue weighted by molar-refractivity contribution is 5.98. The third kappa shape index (κ3) is 3.90. The SMILES string of the molecule is CC(C)C(NC(=O)c1c(F)cccc1F)C(=O)N(C)C1CCNC1. The van der Waals surface area contributed by atoms with Crippen molar-refractivity contribution in [3.8, 4) is 0 Å². The first kappa shape index (κ1) is 18.3. The molecule has 1 aliphatic rings. The zero-order chi connectivity index (χ0) is 17.9. The highest BCUT2D eigenvalue weighted by atomic mass is 19.1. The molecule has 0 aliphatic carbocycles. The molecule has 1 saturated heterocycles. The molecule has 0 bridgehead atoms. The van der Waals surface area contributed by atoms with Crippen molar-refractivity contribution in [1.82, 2.24) is 15.5 Å². The standard InChI is InChI=1S/C17H23F2N3O2/c1-10(2)15(17(24)22(3)11-7-8-20-9-11)21-16(23)14-12(18)5-4-6-13(14)19/h4-6,10-11,15,20H,7-9H2,1-3H3,(H,21,23). The molecule has 2 atom stereocenters. The van der Waals surface area contributed by atoms with E-state index in [0.717, 1.165) is 25.1 Å². The maximum absolute atomic E-state index is 13.8. The molecule has 1 aromatic carbocycles. The quantitative estimate of drug-likeness (QED) is 0.855. The zero-order valence-electron chi connectivity index (χ0n) is 14.1. The van der Waals surface area contributed by atoms with Gasteiger partial charge in [-0.3, -0.25) is 9.59 Å². The summed E-state index contributed by atoms with van der Waals surface area (Å²) >= 11 is 0. The van der Waals surface area contributed by atoms with Crippen LogP contribution in [-0.4, -0.2) is 48.9 Å². The Kier molecular flexibility index (Phi) is 5.88. The molecule has 2 amide bonds. The lowest BCUT2D eigenvalue weighted by Crippen LogP contribution is -2.53. The number of hydrogen-bond donors (Lipinski definition) is 2. The monoisotopic (exact) mass is 339 g/mol. The van der Waals surface area contributed by atoms with Crippen LogP contribution >= 0.6 is 0 Å². The molecule has 0 spiro atoms. The normalized spacial score (nSPS) is 18.5. The van der Waals surface area contributed by atoms with Crippen LogP contribution in [0.2, 0.25) is 0 Å². The van der Waals surface area contributed by atoms with Crippen LogP contribution in [0, 0.1) is 17.6 Å². The van der Waals surface area contributed by atoms with Gasteiger partial charge in [-0.15, -0.1) is 0 Å². The van der Waals surface area contributed by atoms with Crippen molar-refractivity contribution >= 4 is 11.8 Å². The third-order valence-electron chi connectivity index (χ3n) is 4.34. The summed E-state index contributed by atoms with van der Waals surface area (Å²) in [5.41, 5.74) is -0.666. The molecule has 1 heterocycles. The summed E-state index contributed by atoms with van der Waals surface area (Å²) in [5, 5.41) is 5.67. The van der Waals surface area contributed by atoms with Crippen molar-refractivity contribution in [2.75, 3.05) is 20.1 Å². The number of carbonyl (C=O) groups is 2. The Morgan fingerprint density at radius 3 is 2.42 bits per heavy atom. The van der Waals surface area contributed by atoms with Gasteiger partial charge in [0.25, 0.3) is 5.91 Å². The minimum absolute atomic E-state index is 0.0563. The molecule has 132 valence electrons. The smallest absolute Gasteiger partial charge is 0.257 e. The van der Waals surface area contributed by atoms with Crippen molar-refractivity contribution in [3.63, 3.8) is 0 Å². The van der Waals surface area contributed by atoms with E-state index in [1.807, 2.05) is 0 Å². The summed E-state index contributed by atoms with van der Waals surface area (Å²) in [5.74, 6) is -3.29. The molecule has 1 aromatic rings. The molecule has 7 heteroatoms. The number of likely N-dealkylation sites (N-methyl/N-ethyl adjacent to an activating group) is 1. The Hall–Kier alpha value is -2.02. The average Bonchev–Trinajstić information content (AvgIpc) is 3.05. The number of amides is 2. The Bertz CT molecular complexity index is 596. The third-order valence-corrected chi connectivity index (χ3v) is 4.34. The van der Waals surface area contributed by atoms with E-state index in [-0.39, 0.29) is 17.9 Å². The summed E-state index contributed by atoms with van der Waals surface area (Å²) in [4.78, 5) is 26.6. The molecule has 1 aliphatic heterocycles. The second kappa shape index (κ2) is 7.70. The lowest BCUT2D eigenvalue weighted by Gasteiger charge is -2.30. The summed E-state index contributed by atoms with van der Waals surface area (Å²) in [6.45, 7) is 5.09. The molecule has 2 unspecified atom stereocenters. The minimum atomic E-state index is -0.948. The number of nitrogens with one attached hydrogen (secondary N) is 2. The topological polar surface area (TPSA) is 61.4 Å². The summed E-state index contributed by atoms with van der Waals surface area (Å²) < 4.78 is 27.5. The molecular formula is C17H23F2N3O2. The van der Waals surface area contributed by atoms with Crippen LogP contribution in [0.1, 0.15) is 30.6 Å². The second-order valence-electron chi connectivity index (χ2n) is 6.39. The van der Waals surface area contributed by atoms with Crippen LogP contribution < -0.4 is 10.6 Å². The number of carbonyl (C=O) groups excluding carboxylic acids is 2. The minimum Gasteiger partial charge on any atom is -0.340 e. The average molecular weight is 339 g/mol. The van der Waals surface area contributed by atoms with Gasteiger partial charge in [0.1, 0.15) is 23.2 Å². The second-order valence-corrected chi connectivity index (χ2v) is 6.39. The van der Waals surface area contributed by atoms with Gasteiger partial charge in [0.05, 0.1) is 0 Å². The fraction of sp³-hybridized carbons (Fsp3) is 0.529. The van der Waals surface area contributed by atoms with Gasteiger partial charge in [0, 0.05) is 19.6 Å². The first-order valence-electron chi connectivity index (χ1n) is 8.05. The van der Waals surface area contributed by atoms with Crippen molar-refractivity contribution in [3.05, 3.63) is 35.4 Å². The molecule has 1 fully saturated rings. The molecule has 0 radical (unpaired) electrons. The predicted molar refractivity (Wildman–Crippen MR) is 86.5 cm³/mol. The molecule has 2 N–H and O–H groups in total. The Morgan fingerprint density at radius 2 is 1.92 bits per heavy atom. The van der Waals surface area contributed by atoms with E-state index < -0.39 is 29.1 Å². The van der Waals surface area contributed by atoms with Crippen LogP contribution in [0.3, 0.4) is 0 Å². The Balaban J connectivity index is 2.16. The molecule has 2 rings (SSSR count). The fourth-order valence-corrected chi connectivity index (χ4v) is 2.81. The Morgan fingerprint density at radius 1 is 1.29 bits per heavy atom. The predicted octanol–water partition coefficient (Wildman–Crippen LogP) is 1.54. The highest BCUT2D eigenvalue weighted by Crippen LogP contribution is 2.15. The lowest BCUT2D eigenvalue weighted by atomic mass is 10.0. The largest absolute Gasteiger partial charge is 0.340 e. The van der Waals surface area contributed by atoms with E-state index >= 15 is 0 Å². The van der Waals surface area contributed by atoms with E-state index in [0.29, 0.717) is 6.54 Å². The van der Waals surface area contributed by atoms with Gasteiger partial charge in [-0.25, -0.2) is 8.78 Å². The van der Waals surface area contributed by atoms with Gasteiger partial charge in [0.15, 0.2) is 0 Å². The number of halogens is 2. The van der Waals surface area contributed by atoms with Crippen LogP contribution in [0.25, 0.3) is 0 Å². The number of rotatable bonds is 5. The molecule has 0 aromatic heterocycles. The van der Waals surface area contributed by atoms with Crippen LogP contribution in [0.15, 0.2) is 18.2 Å². The molecule has 24 heavy (non-hydrogen) atoms. The first-order valence-corrected chi connectivity index (χ1v) is 8.05. The highest BCUT2D eigenvalue weighted by Gasteiger charge is 2.32. The summed E-state index contributed by atoms with van der Waals surface area (Å²) in [7, 11) is 1.69. The van der Waals surface area contributed by atoms with Crippen molar-refractivity contribution in [2.45, 2.75) is 32.4 Å². The number of nitrogens with zero attached hydrogens (tertiary/aromatic N) is 1. The van der Waals surface area contributed by atoms with Gasteiger partial charge < -0.3 is 15.5 Å². The molecule has 5 nitrogen and oxygen atoms in total. The molecule has 0 saturated carbocycles. The van der Waals surface area contributed by atoms with E-state index in [9.17, 15) is 18.4 Å². The van der Waals surface area contributed by atoms with Gasteiger partial charge >= 0.3 is 0 Å². The first-order chi connectivity index (χ1) is 11.3. The fourth-order valence-electron chi connectivity index (χ4n) is 2.81. The van der Waals surface area contributed by atoms with E-state index in [2.05, 4.69) is 10.6 Å². The van der Waals surface area contributed by atoms with Crippen molar-refractivity contribution in [1.29, 1.82) is 0 Å². The number of benzene rings is 1. The van der Waals surface area contributed by atoms with Gasteiger partial charge in [0.2, 0.25) is 5.91 Å². The van der Waals surface area contributed by atoms with Crippen molar-refractivity contribution in [2.24, 2.45) is 5.92 Å². The van der Waals surface area contributed by atoms with Crippen LogP contribution in [0.5, 0.6) is 0 Å². The van der Waals surface area contributed by atoms with Gasteiger partial charge in [-0.1, -0.05) is 19.9 Å². The number of hydrogen-bond acceptors (Lipinski definition) is 3. The lowest BCUT2D eigenvalue weighted by molar-refractivity contribution is -0.134. The van der Waals surface area contributed by atoms with Crippen LogP contribution in [0.4, 0.5) is 8.78 Å². The van der Waals surface area contributed by atoms with Crippen molar-refractivity contribution < 1.29 is 18.4 Å². The van der Waals surface area contributed by atoms with E-state index in [4.69, 9.17) is 0 Å².